The van der Waals surface area contributed by atoms with Crippen LogP contribution in [0.25, 0.3) is 0 Å². The number of hydrogen-bond acceptors (Lipinski definition) is 3. The number of aryl methyl sites for hydroxylation is 1. The highest BCUT2D eigenvalue weighted by atomic mass is 79.9. The van der Waals surface area contributed by atoms with Gasteiger partial charge in [0.2, 0.25) is 0 Å². The van der Waals surface area contributed by atoms with Crippen LogP contribution in [0.4, 0.5) is 0 Å². The number of halogens is 1. The van der Waals surface area contributed by atoms with E-state index in [1.165, 1.54) is 0 Å². The molecule has 6 heteroatoms. The lowest BCUT2D eigenvalue weighted by Crippen LogP contribution is -2.51. The third-order valence-corrected chi connectivity index (χ3v) is 4.38. The van der Waals surface area contributed by atoms with E-state index in [1.807, 2.05) is 24.3 Å². The SMILES string of the molecule is NC(CCc1cccc(Br)c1)(C(=O)O)[C@H]1C[C@@H]1C(=O)O. The number of carboxylic acids is 2. The Morgan fingerprint density at radius 1 is 1.40 bits per heavy atom. The smallest absolute Gasteiger partial charge is 0.324 e. The highest BCUT2D eigenvalue weighted by Gasteiger charge is 2.57. The highest BCUT2D eigenvalue weighted by Crippen LogP contribution is 2.47. The van der Waals surface area contributed by atoms with Crippen molar-refractivity contribution < 1.29 is 19.8 Å². The van der Waals surface area contributed by atoms with Gasteiger partial charge in [0.1, 0.15) is 5.54 Å². The summed E-state index contributed by atoms with van der Waals surface area (Å²) in [6.45, 7) is 0. The lowest BCUT2D eigenvalue weighted by atomic mass is 9.86. The van der Waals surface area contributed by atoms with Gasteiger partial charge in [0.05, 0.1) is 5.92 Å². The first-order chi connectivity index (χ1) is 9.34. The molecule has 0 amide bonds. The van der Waals surface area contributed by atoms with Gasteiger partial charge in [-0.05, 0) is 37.0 Å². The molecule has 20 heavy (non-hydrogen) atoms. The van der Waals surface area contributed by atoms with Crippen LogP contribution in [0, 0.1) is 11.8 Å². The largest absolute Gasteiger partial charge is 0.481 e. The molecule has 0 aliphatic heterocycles. The van der Waals surface area contributed by atoms with E-state index >= 15 is 0 Å². The molecule has 4 N–H and O–H groups in total. The topological polar surface area (TPSA) is 101 Å². The molecule has 0 spiro atoms. The average Bonchev–Trinajstić information content (AvgIpc) is 3.16. The molecule has 3 atom stereocenters. The van der Waals surface area contributed by atoms with Crippen LogP contribution >= 0.6 is 15.9 Å². The van der Waals surface area contributed by atoms with Crippen LogP contribution in [-0.2, 0) is 16.0 Å². The first kappa shape index (κ1) is 15.0. The fourth-order valence-electron chi connectivity index (χ4n) is 2.53. The number of carboxylic acid groups (broad SMARTS) is 2. The van der Waals surface area contributed by atoms with Crippen LogP contribution in [0.15, 0.2) is 28.7 Å². The Bertz CT molecular complexity index is 548. The van der Waals surface area contributed by atoms with E-state index in [0.29, 0.717) is 12.8 Å². The minimum Gasteiger partial charge on any atom is -0.481 e. The second-order valence-electron chi connectivity index (χ2n) is 5.26. The van der Waals surface area contributed by atoms with Gasteiger partial charge in [0.25, 0.3) is 0 Å². The number of hydrogen-bond donors (Lipinski definition) is 3. The first-order valence-electron chi connectivity index (χ1n) is 6.34. The zero-order valence-electron chi connectivity index (χ0n) is 10.8. The molecule has 1 aromatic rings. The van der Waals surface area contributed by atoms with Gasteiger partial charge >= 0.3 is 11.9 Å². The molecule has 0 radical (unpaired) electrons. The second kappa shape index (κ2) is 5.54. The second-order valence-corrected chi connectivity index (χ2v) is 6.18. The fourth-order valence-corrected chi connectivity index (χ4v) is 2.98. The lowest BCUT2D eigenvalue weighted by molar-refractivity contribution is -0.145. The lowest BCUT2D eigenvalue weighted by Gasteiger charge is -2.25. The predicted octanol–water partition coefficient (Wildman–Crippen LogP) is 1.88. The number of aliphatic carboxylic acids is 2. The number of nitrogens with two attached hydrogens (primary N) is 1. The summed E-state index contributed by atoms with van der Waals surface area (Å²) in [6.07, 6.45) is 1.08. The van der Waals surface area contributed by atoms with Gasteiger partial charge in [0.15, 0.2) is 0 Å². The van der Waals surface area contributed by atoms with Crippen LogP contribution in [0.5, 0.6) is 0 Å². The summed E-state index contributed by atoms with van der Waals surface area (Å²) < 4.78 is 0.919. The minimum atomic E-state index is -1.47. The summed E-state index contributed by atoms with van der Waals surface area (Å²) >= 11 is 3.36. The van der Waals surface area contributed by atoms with Crippen molar-refractivity contribution in [1.82, 2.24) is 0 Å². The number of carbonyl (C=O) groups is 2. The van der Waals surface area contributed by atoms with Crippen LogP contribution in [-0.4, -0.2) is 27.7 Å². The Morgan fingerprint density at radius 3 is 2.60 bits per heavy atom. The Balaban J connectivity index is 2.07. The third kappa shape index (κ3) is 3.02. The Morgan fingerprint density at radius 2 is 2.10 bits per heavy atom. The minimum absolute atomic E-state index is 0.229. The molecule has 108 valence electrons. The predicted molar refractivity (Wildman–Crippen MR) is 76.3 cm³/mol. The standard InChI is InChI=1S/C14H16BrNO4/c15-9-3-1-2-8(6-9)4-5-14(16,13(19)20)11-7-10(11)12(17)18/h1-3,6,10-11H,4-5,7,16H2,(H,17,18)(H,19,20)/t10-,11-,14?/m0/s1. The zero-order valence-corrected chi connectivity index (χ0v) is 12.3. The first-order valence-corrected chi connectivity index (χ1v) is 7.13. The normalized spacial score (nSPS) is 23.9. The summed E-state index contributed by atoms with van der Waals surface area (Å²) in [4.78, 5) is 22.3. The molecule has 1 saturated carbocycles. The van der Waals surface area contributed by atoms with E-state index in [1.54, 1.807) is 0 Å². The van der Waals surface area contributed by atoms with Crippen molar-refractivity contribution >= 4 is 27.9 Å². The molecule has 1 aliphatic carbocycles. The monoisotopic (exact) mass is 341 g/mol. The highest BCUT2D eigenvalue weighted by molar-refractivity contribution is 9.10. The molecule has 2 rings (SSSR count). The van der Waals surface area contributed by atoms with Crippen molar-refractivity contribution in [2.75, 3.05) is 0 Å². The van der Waals surface area contributed by atoms with Crippen LogP contribution < -0.4 is 5.73 Å². The van der Waals surface area contributed by atoms with Gasteiger partial charge in [-0.3, -0.25) is 9.59 Å². The molecule has 0 aromatic heterocycles. The van der Waals surface area contributed by atoms with Crippen LogP contribution in [0.1, 0.15) is 18.4 Å². The number of benzene rings is 1. The molecule has 1 fully saturated rings. The van der Waals surface area contributed by atoms with Crippen molar-refractivity contribution in [3.8, 4) is 0 Å². The molecule has 1 unspecified atom stereocenters. The van der Waals surface area contributed by atoms with Crippen molar-refractivity contribution in [2.24, 2.45) is 17.6 Å². The van der Waals surface area contributed by atoms with Gasteiger partial charge in [-0.2, -0.15) is 0 Å². The van der Waals surface area contributed by atoms with E-state index in [-0.39, 0.29) is 6.42 Å². The van der Waals surface area contributed by atoms with Gasteiger partial charge in [-0.1, -0.05) is 28.1 Å². The summed E-state index contributed by atoms with van der Waals surface area (Å²) in [7, 11) is 0. The van der Waals surface area contributed by atoms with Gasteiger partial charge in [0, 0.05) is 10.4 Å². The van der Waals surface area contributed by atoms with Crippen molar-refractivity contribution in [2.45, 2.75) is 24.8 Å². The fraction of sp³-hybridized carbons (Fsp3) is 0.429. The maximum absolute atomic E-state index is 11.4. The van der Waals surface area contributed by atoms with Crippen molar-refractivity contribution in [3.05, 3.63) is 34.3 Å². The van der Waals surface area contributed by atoms with Crippen LogP contribution in [0.3, 0.4) is 0 Å². The number of rotatable bonds is 6. The molecule has 1 aliphatic rings. The van der Waals surface area contributed by atoms with E-state index < -0.39 is 29.3 Å². The Hall–Kier alpha value is -1.40. The summed E-state index contributed by atoms with van der Waals surface area (Å²) in [5, 5.41) is 18.3. The van der Waals surface area contributed by atoms with Crippen molar-refractivity contribution in [3.63, 3.8) is 0 Å². The molecule has 0 bridgehead atoms. The van der Waals surface area contributed by atoms with E-state index in [9.17, 15) is 14.7 Å². The van der Waals surface area contributed by atoms with Crippen molar-refractivity contribution in [1.29, 1.82) is 0 Å². The quantitative estimate of drug-likeness (QED) is 0.733. The molecule has 0 saturated heterocycles. The summed E-state index contributed by atoms with van der Waals surface area (Å²) in [5.41, 5.74) is 5.49. The average molecular weight is 342 g/mol. The Kier molecular flexibility index (Phi) is 4.15. The molecular weight excluding hydrogens is 326 g/mol. The van der Waals surface area contributed by atoms with Gasteiger partial charge < -0.3 is 15.9 Å². The maximum Gasteiger partial charge on any atom is 0.324 e. The molecular formula is C14H16BrNO4. The van der Waals surface area contributed by atoms with Gasteiger partial charge in [-0.25, -0.2) is 0 Å². The maximum atomic E-state index is 11.4. The van der Waals surface area contributed by atoms with E-state index in [0.717, 1.165) is 10.0 Å². The van der Waals surface area contributed by atoms with Crippen LogP contribution in [0.2, 0.25) is 0 Å². The third-order valence-electron chi connectivity index (χ3n) is 3.88. The van der Waals surface area contributed by atoms with E-state index in [4.69, 9.17) is 10.8 Å². The van der Waals surface area contributed by atoms with E-state index in [2.05, 4.69) is 15.9 Å². The molecule has 5 nitrogen and oxygen atoms in total. The molecule has 1 aromatic carbocycles. The zero-order chi connectivity index (χ0) is 14.9. The van der Waals surface area contributed by atoms with Gasteiger partial charge in [-0.15, -0.1) is 0 Å². The summed E-state index contributed by atoms with van der Waals surface area (Å²) in [6, 6.07) is 7.56. The summed E-state index contributed by atoms with van der Waals surface area (Å²) in [5.74, 6) is -3.20. The Labute approximate surface area is 124 Å². The molecule has 0 heterocycles.